The van der Waals surface area contributed by atoms with E-state index in [-0.39, 0.29) is 12.3 Å². The van der Waals surface area contributed by atoms with E-state index in [0.717, 1.165) is 25.2 Å². The predicted molar refractivity (Wildman–Crippen MR) is 109 cm³/mol. The molecule has 3 aromatic rings. The van der Waals surface area contributed by atoms with Gasteiger partial charge in [-0.3, -0.25) is 9.69 Å². The highest BCUT2D eigenvalue weighted by molar-refractivity contribution is 5.76. The second-order valence-electron chi connectivity index (χ2n) is 6.64. The fourth-order valence-electron chi connectivity index (χ4n) is 2.84. The van der Waals surface area contributed by atoms with E-state index in [2.05, 4.69) is 68.4 Å². The predicted octanol–water partition coefficient (Wildman–Crippen LogP) is 2.62. The van der Waals surface area contributed by atoms with Crippen molar-refractivity contribution >= 4 is 5.91 Å². The quantitative estimate of drug-likeness (QED) is 0.564. The van der Waals surface area contributed by atoms with E-state index in [9.17, 15) is 4.79 Å². The number of carbonyl (C=O) groups excluding carboxylic acids is 1. The normalized spacial score (nSPS) is 11.0. The van der Waals surface area contributed by atoms with Crippen LogP contribution in [-0.4, -0.2) is 44.0 Å². The van der Waals surface area contributed by atoms with Crippen LogP contribution in [0.4, 0.5) is 0 Å². The molecule has 1 amide bonds. The maximum Gasteiger partial charge on any atom is 0.240 e. The Kier molecular flexibility index (Phi) is 7.40. The lowest BCUT2D eigenvalue weighted by atomic mass is 10.1. The van der Waals surface area contributed by atoms with Crippen LogP contribution in [-0.2, 0) is 24.3 Å². The molecule has 0 radical (unpaired) electrons. The Morgan fingerprint density at radius 2 is 1.72 bits per heavy atom. The minimum absolute atomic E-state index is 0.0621. The van der Waals surface area contributed by atoms with Gasteiger partial charge in [0.05, 0.1) is 0 Å². The highest BCUT2D eigenvalue weighted by atomic mass is 16.5. The van der Waals surface area contributed by atoms with E-state index in [4.69, 9.17) is 4.52 Å². The Labute approximate surface area is 170 Å². The molecule has 0 saturated carbocycles. The maximum atomic E-state index is 12.1. The van der Waals surface area contributed by atoms with E-state index < -0.39 is 0 Å². The zero-order valence-corrected chi connectivity index (χ0v) is 16.8. The summed E-state index contributed by atoms with van der Waals surface area (Å²) in [6, 6.07) is 10.1. The van der Waals surface area contributed by atoms with Gasteiger partial charge in [-0.05, 0) is 30.3 Å². The molecule has 0 atom stereocenters. The van der Waals surface area contributed by atoms with Gasteiger partial charge in [0.25, 0.3) is 0 Å². The third-order valence-electron chi connectivity index (χ3n) is 4.61. The number of rotatable bonds is 10. The fourth-order valence-corrected chi connectivity index (χ4v) is 2.84. The molecule has 0 fully saturated rings. The maximum absolute atomic E-state index is 12.1. The zero-order valence-electron chi connectivity index (χ0n) is 16.8. The van der Waals surface area contributed by atoms with Gasteiger partial charge in [-0.25, -0.2) is 9.97 Å². The molecule has 0 aliphatic rings. The molecule has 0 saturated heterocycles. The summed E-state index contributed by atoms with van der Waals surface area (Å²) in [5, 5.41) is 6.78. The Morgan fingerprint density at radius 1 is 1.03 bits per heavy atom. The van der Waals surface area contributed by atoms with Crippen molar-refractivity contribution in [2.24, 2.45) is 0 Å². The largest absolute Gasteiger partial charge is 0.352 e. The number of hydrogen-bond acceptors (Lipinski definition) is 7. The number of hydrogen-bond donors (Lipinski definition) is 1. The van der Waals surface area contributed by atoms with Crippen molar-refractivity contribution in [2.75, 3.05) is 13.1 Å². The third kappa shape index (κ3) is 6.18. The van der Waals surface area contributed by atoms with Crippen LogP contribution in [0.15, 0.2) is 47.2 Å². The first kappa shape index (κ1) is 20.6. The third-order valence-corrected chi connectivity index (χ3v) is 4.61. The van der Waals surface area contributed by atoms with Gasteiger partial charge in [0.15, 0.2) is 0 Å². The molecule has 0 bridgehead atoms. The van der Waals surface area contributed by atoms with Gasteiger partial charge in [0.2, 0.25) is 23.4 Å². The van der Waals surface area contributed by atoms with E-state index in [1.807, 2.05) is 0 Å². The molecule has 0 aliphatic carbocycles. The number of aromatic nitrogens is 4. The Morgan fingerprint density at radius 3 is 2.41 bits per heavy atom. The smallest absolute Gasteiger partial charge is 0.240 e. The van der Waals surface area contributed by atoms with Crippen molar-refractivity contribution in [3.05, 3.63) is 59.7 Å². The van der Waals surface area contributed by atoms with Crippen molar-refractivity contribution in [1.29, 1.82) is 0 Å². The van der Waals surface area contributed by atoms with E-state index >= 15 is 0 Å². The van der Waals surface area contributed by atoms with E-state index in [0.29, 0.717) is 30.5 Å². The fraction of sp³-hybridized carbons (Fsp3) is 0.381. The summed E-state index contributed by atoms with van der Waals surface area (Å²) >= 11 is 0. The van der Waals surface area contributed by atoms with Crippen LogP contribution in [0, 0.1) is 0 Å². The number of carbonyl (C=O) groups is 1. The van der Waals surface area contributed by atoms with Crippen LogP contribution in [0.3, 0.4) is 0 Å². The molecule has 8 nitrogen and oxygen atoms in total. The second kappa shape index (κ2) is 10.4. The number of aryl methyl sites for hydroxylation is 1. The molecule has 2 aromatic heterocycles. The first-order valence-corrected chi connectivity index (χ1v) is 9.84. The summed E-state index contributed by atoms with van der Waals surface area (Å²) in [4.78, 5) is 26.9. The Balaban J connectivity index is 1.43. The van der Waals surface area contributed by atoms with Crippen LogP contribution < -0.4 is 5.32 Å². The van der Waals surface area contributed by atoms with Crippen molar-refractivity contribution in [1.82, 2.24) is 30.3 Å². The molecular formula is C21H26N6O2. The summed E-state index contributed by atoms with van der Waals surface area (Å²) in [5.74, 6) is 1.05. The summed E-state index contributed by atoms with van der Waals surface area (Å²) in [5.41, 5.74) is 2.35. The number of nitrogens with zero attached hydrogens (tertiary/aromatic N) is 5. The van der Waals surface area contributed by atoms with Crippen LogP contribution in [0.2, 0.25) is 0 Å². The molecule has 0 spiro atoms. The van der Waals surface area contributed by atoms with Crippen LogP contribution in [0.5, 0.6) is 0 Å². The minimum Gasteiger partial charge on any atom is -0.352 e. The minimum atomic E-state index is -0.0621. The molecule has 1 N–H and O–H groups in total. The van der Waals surface area contributed by atoms with Gasteiger partial charge in [0, 0.05) is 38.3 Å². The van der Waals surface area contributed by atoms with Crippen molar-refractivity contribution in [3.8, 4) is 11.6 Å². The molecule has 8 heteroatoms. The van der Waals surface area contributed by atoms with Crippen LogP contribution in [0.25, 0.3) is 11.6 Å². The van der Waals surface area contributed by atoms with E-state index in [1.165, 1.54) is 5.56 Å². The molecular weight excluding hydrogens is 368 g/mol. The molecule has 29 heavy (non-hydrogen) atoms. The summed E-state index contributed by atoms with van der Waals surface area (Å²) in [6.07, 6.45) is 3.87. The summed E-state index contributed by atoms with van der Waals surface area (Å²) in [7, 11) is 0. The van der Waals surface area contributed by atoms with Crippen LogP contribution >= 0.6 is 0 Å². The Bertz CT molecular complexity index is 891. The van der Waals surface area contributed by atoms with Crippen molar-refractivity contribution < 1.29 is 9.32 Å². The lowest BCUT2D eigenvalue weighted by Gasteiger charge is -2.18. The van der Waals surface area contributed by atoms with Gasteiger partial charge < -0.3 is 9.84 Å². The summed E-state index contributed by atoms with van der Waals surface area (Å²) < 4.78 is 5.17. The lowest BCUT2D eigenvalue weighted by Crippen LogP contribution is -2.23. The lowest BCUT2D eigenvalue weighted by molar-refractivity contribution is -0.121. The number of benzene rings is 1. The SMILES string of the molecule is CCN(CC)Cc1ccc(CNC(=O)CCc2nc(-c3ncccn3)no2)cc1. The number of amides is 1. The molecule has 2 heterocycles. The second-order valence-corrected chi connectivity index (χ2v) is 6.64. The highest BCUT2D eigenvalue weighted by Gasteiger charge is 2.12. The van der Waals surface area contributed by atoms with Gasteiger partial charge in [-0.2, -0.15) is 4.98 Å². The van der Waals surface area contributed by atoms with Crippen LogP contribution in [0.1, 0.15) is 37.3 Å². The molecule has 1 aromatic carbocycles. The average Bonchev–Trinajstić information content (AvgIpc) is 3.25. The highest BCUT2D eigenvalue weighted by Crippen LogP contribution is 2.11. The first-order chi connectivity index (χ1) is 14.2. The summed E-state index contributed by atoms with van der Waals surface area (Å²) in [6.45, 7) is 7.84. The van der Waals surface area contributed by atoms with Gasteiger partial charge in [0.1, 0.15) is 0 Å². The first-order valence-electron chi connectivity index (χ1n) is 9.84. The molecule has 3 rings (SSSR count). The topological polar surface area (TPSA) is 97.0 Å². The standard InChI is InChI=1S/C21H26N6O2/c1-3-27(4-2)15-17-8-6-16(7-9-17)14-24-18(28)10-11-19-25-21(26-29-19)20-22-12-5-13-23-20/h5-9,12-13H,3-4,10-11,14-15H2,1-2H3,(H,24,28). The van der Waals surface area contributed by atoms with Gasteiger partial charge in [-0.15, -0.1) is 0 Å². The number of nitrogens with one attached hydrogen (secondary N) is 1. The van der Waals surface area contributed by atoms with Gasteiger partial charge in [-0.1, -0.05) is 43.3 Å². The monoisotopic (exact) mass is 394 g/mol. The Hall–Kier alpha value is -3.13. The molecule has 0 unspecified atom stereocenters. The molecule has 0 aliphatic heterocycles. The zero-order chi connectivity index (χ0) is 20.5. The average molecular weight is 394 g/mol. The molecule has 152 valence electrons. The van der Waals surface area contributed by atoms with Crippen molar-refractivity contribution in [3.63, 3.8) is 0 Å². The van der Waals surface area contributed by atoms with Crippen molar-refractivity contribution in [2.45, 2.75) is 39.8 Å². The van der Waals surface area contributed by atoms with E-state index in [1.54, 1.807) is 18.5 Å². The van der Waals surface area contributed by atoms with Gasteiger partial charge >= 0.3 is 0 Å².